The summed E-state index contributed by atoms with van der Waals surface area (Å²) in [5, 5.41) is 10.2. The monoisotopic (exact) mass is 378 g/mol. The molecular weight excluding hydrogens is 352 g/mol. The summed E-state index contributed by atoms with van der Waals surface area (Å²) in [7, 11) is 0. The molecule has 0 radical (unpaired) electrons. The van der Waals surface area contributed by atoms with Gasteiger partial charge in [0, 0.05) is 55.5 Å². The molecule has 1 saturated carbocycles. The van der Waals surface area contributed by atoms with Gasteiger partial charge in [0.2, 0.25) is 5.91 Å². The third-order valence-corrected chi connectivity index (χ3v) is 6.94. The van der Waals surface area contributed by atoms with E-state index in [1.165, 1.54) is 18.3 Å². The highest BCUT2D eigenvalue weighted by atomic mass is 16.3. The van der Waals surface area contributed by atoms with Crippen LogP contribution < -0.4 is 0 Å². The molecule has 1 aliphatic carbocycles. The number of carbonyl (C=O) groups is 1. The topological polar surface area (TPSA) is 69.6 Å². The number of benzene rings is 1. The number of carbonyl (C=O) groups excluding carboxylic acids is 1. The number of aliphatic hydroxyl groups is 1. The molecule has 0 unspecified atom stereocenters. The van der Waals surface area contributed by atoms with Gasteiger partial charge in [-0.3, -0.25) is 9.69 Å². The second kappa shape index (κ2) is 6.94. The summed E-state index contributed by atoms with van der Waals surface area (Å²) in [4.78, 5) is 25.4. The van der Waals surface area contributed by atoms with E-state index in [1.807, 2.05) is 23.4 Å². The molecule has 2 aromatic rings. The average Bonchev–Trinajstić information content (AvgIpc) is 2.64. The van der Waals surface area contributed by atoms with Gasteiger partial charge in [-0.2, -0.15) is 0 Å². The van der Waals surface area contributed by atoms with Crippen molar-refractivity contribution in [1.29, 1.82) is 0 Å². The molecule has 6 heteroatoms. The zero-order valence-electron chi connectivity index (χ0n) is 15.9. The van der Waals surface area contributed by atoms with Crippen molar-refractivity contribution >= 4 is 5.91 Å². The Bertz CT molecular complexity index is 834. The lowest BCUT2D eigenvalue weighted by molar-refractivity contribution is -0.203. The Morgan fingerprint density at radius 1 is 1.14 bits per heavy atom. The number of aromatic nitrogens is 2. The second-order valence-electron chi connectivity index (χ2n) is 8.44. The lowest BCUT2D eigenvalue weighted by Gasteiger charge is -2.71. The van der Waals surface area contributed by atoms with Crippen LogP contribution in [0.25, 0.3) is 0 Å². The van der Waals surface area contributed by atoms with Gasteiger partial charge in [0.25, 0.3) is 0 Å². The third kappa shape index (κ3) is 2.66. The van der Waals surface area contributed by atoms with Gasteiger partial charge in [0.1, 0.15) is 6.33 Å². The Kier molecular flexibility index (Phi) is 4.40. The van der Waals surface area contributed by atoms with Gasteiger partial charge in [0.15, 0.2) is 0 Å². The van der Waals surface area contributed by atoms with Crippen LogP contribution in [0.5, 0.6) is 0 Å². The number of likely N-dealkylation sites (tertiary alicyclic amines) is 2. The van der Waals surface area contributed by atoms with E-state index in [-0.39, 0.29) is 30.0 Å². The zero-order chi connectivity index (χ0) is 19.1. The molecule has 1 spiro atoms. The normalized spacial score (nSPS) is 26.4. The Hall–Kier alpha value is -2.31. The van der Waals surface area contributed by atoms with Crippen LogP contribution in [0.15, 0.2) is 49.1 Å². The standard InChI is InChI=1S/C22H26N4O2/c27-12-19-20(17-5-2-1-3-6-17)22(26(19)11-16-9-23-15-24-10-16)13-25(14-22)21(28)18-7-4-8-18/h1-3,5-6,9-10,15,18-20,27H,4,7-8,11-14H2/t19-,20-/m1/s1. The predicted molar refractivity (Wildman–Crippen MR) is 104 cm³/mol. The van der Waals surface area contributed by atoms with Crippen LogP contribution in [-0.2, 0) is 11.3 Å². The van der Waals surface area contributed by atoms with Crippen LogP contribution in [0.2, 0.25) is 0 Å². The van der Waals surface area contributed by atoms with Gasteiger partial charge >= 0.3 is 0 Å². The molecule has 1 N–H and O–H groups in total. The number of amides is 1. The van der Waals surface area contributed by atoms with Crippen molar-refractivity contribution in [2.75, 3.05) is 19.7 Å². The largest absolute Gasteiger partial charge is 0.395 e. The van der Waals surface area contributed by atoms with Gasteiger partial charge in [0.05, 0.1) is 12.1 Å². The van der Waals surface area contributed by atoms with Crippen molar-refractivity contribution in [3.63, 3.8) is 0 Å². The Balaban J connectivity index is 1.42. The molecule has 6 nitrogen and oxygen atoms in total. The Morgan fingerprint density at radius 2 is 1.86 bits per heavy atom. The molecule has 146 valence electrons. The highest BCUT2D eigenvalue weighted by Crippen LogP contribution is 2.54. The van der Waals surface area contributed by atoms with Crippen molar-refractivity contribution in [1.82, 2.24) is 19.8 Å². The van der Waals surface area contributed by atoms with Gasteiger partial charge in [-0.15, -0.1) is 0 Å². The average molecular weight is 378 g/mol. The predicted octanol–water partition coefficient (Wildman–Crippen LogP) is 1.82. The molecule has 2 aliphatic heterocycles. The van der Waals surface area contributed by atoms with E-state index >= 15 is 0 Å². The van der Waals surface area contributed by atoms with Gasteiger partial charge in [-0.05, 0) is 18.4 Å². The zero-order valence-corrected chi connectivity index (χ0v) is 15.9. The SMILES string of the molecule is O=C(C1CCC1)N1CC2(C1)[C@H](c1ccccc1)[C@@H](CO)N2Cc1cncnc1. The number of nitrogens with zero attached hydrogens (tertiary/aromatic N) is 4. The molecular formula is C22H26N4O2. The first-order valence-electron chi connectivity index (χ1n) is 10.2. The molecule has 0 bridgehead atoms. The maximum Gasteiger partial charge on any atom is 0.225 e. The van der Waals surface area contributed by atoms with E-state index < -0.39 is 0 Å². The summed E-state index contributed by atoms with van der Waals surface area (Å²) >= 11 is 0. The van der Waals surface area contributed by atoms with Gasteiger partial charge in [-0.1, -0.05) is 36.8 Å². The van der Waals surface area contributed by atoms with Gasteiger partial charge < -0.3 is 10.0 Å². The maximum absolute atomic E-state index is 12.7. The maximum atomic E-state index is 12.7. The summed E-state index contributed by atoms with van der Waals surface area (Å²) in [6.45, 7) is 2.28. The molecule has 1 amide bonds. The van der Waals surface area contributed by atoms with E-state index in [9.17, 15) is 9.90 Å². The fourth-order valence-electron chi connectivity index (χ4n) is 5.31. The first kappa shape index (κ1) is 17.8. The van der Waals surface area contributed by atoms with Crippen molar-refractivity contribution in [2.24, 2.45) is 5.92 Å². The lowest BCUT2D eigenvalue weighted by Crippen LogP contribution is -2.85. The number of hydrogen-bond donors (Lipinski definition) is 1. The van der Waals surface area contributed by atoms with Gasteiger partial charge in [-0.25, -0.2) is 9.97 Å². The fraction of sp³-hybridized carbons (Fsp3) is 0.500. The quantitative estimate of drug-likeness (QED) is 0.859. The summed E-state index contributed by atoms with van der Waals surface area (Å²) < 4.78 is 0. The number of aliphatic hydroxyl groups excluding tert-OH is 1. The fourth-order valence-corrected chi connectivity index (χ4v) is 5.31. The molecule has 3 fully saturated rings. The molecule has 3 heterocycles. The van der Waals surface area contributed by atoms with Crippen molar-refractivity contribution in [2.45, 2.75) is 43.3 Å². The van der Waals surface area contributed by atoms with E-state index in [4.69, 9.17) is 0 Å². The first-order chi connectivity index (χ1) is 13.7. The third-order valence-electron chi connectivity index (χ3n) is 6.94. The van der Waals surface area contributed by atoms with Crippen molar-refractivity contribution < 1.29 is 9.90 Å². The molecule has 3 aliphatic rings. The van der Waals surface area contributed by atoms with E-state index in [0.717, 1.165) is 31.5 Å². The highest BCUT2D eigenvalue weighted by Gasteiger charge is 2.66. The van der Waals surface area contributed by atoms with E-state index in [1.54, 1.807) is 0 Å². The summed E-state index contributed by atoms with van der Waals surface area (Å²) in [5.41, 5.74) is 2.18. The van der Waals surface area contributed by atoms with E-state index in [2.05, 4.69) is 39.1 Å². The Labute approximate surface area is 165 Å². The second-order valence-corrected chi connectivity index (χ2v) is 8.44. The Morgan fingerprint density at radius 3 is 2.46 bits per heavy atom. The molecule has 1 aromatic carbocycles. The molecule has 28 heavy (non-hydrogen) atoms. The number of rotatable bonds is 5. The summed E-state index contributed by atoms with van der Waals surface area (Å²) in [6.07, 6.45) is 8.45. The molecule has 2 saturated heterocycles. The first-order valence-corrected chi connectivity index (χ1v) is 10.2. The molecule has 1 aromatic heterocycles. The minimum atomic E-state index is -0.107. The number of hydrogen-bond acceptors (Lipinski definition) is 5. The lowest BCUT2D eigenvalue weighted by atomic mass is 9.60. The van der Waals surface area contributed by atoms with Crippen molar-refractivity contribution in [3.8, 4) is 0 Å². The van der Waals surface area contributed by atoms with E-state index in [0.29, 0.717) is 12.5 Å². The van der Waals surface area contributed by atoms with Crippen LogP contribution in [0.1, 0.15) is 36.3 Å². The minimum Gasteiger partial charge on any atom is -0.395 e. The van der Waals surface area contributed by atoms with Crippen LogP contribution in [-0.4, -0.2) is 62.1 Å². The van der Waals surface area contributed by atoms with Crippen LogP contribution in [0.4, 0.5) is 0 Å². The summed E-state index contributed by atoms with van der Waals surface area (Å²) in [6, 6.07) is 10.5. The van der Waals surface area contributed by atoms with Crippen molar-refractivity contribution in [3.05, 3.63) is 60.2 Å². The summed E-state index contributed by atoms with van der Waals surface area (Å²) in [5.74, 6) is 0.783. The van der Waals surface area contributed by atoms with Crippen LogP contribution in [0, 0.1) is 5.92 Å². The highest BCUT2D eigenvalue weighted by molar-refractivity contribution is 5.81. The smallest absolute Gasteiger partial charge is 0.225 e. The molecule has 2 atom stereocenters. The minimum absolute atomic E-state index is 0.0450. The molecule has 5 rings (SSSR count). The van der Waals surface area contributed by atoms with Crippen LogP contribution in [0.3, 0.4) is 0 Å². The van der Waals surface area contributed by atoms with Crippen LogP contribution >= 0.6 is 0 Å².